The van der Waals surface area contributed by atoms with Gasteiger partial charge in [0.25, 0.3) is 5.91 Å². The van der Waals surface area contributed by atoms with Crippen molar-refractivity contribution in [2.45, 2.75) is 40.0 Å². The van der Waals surface area contributed by atoms with Crippen LogP contribution in [0.1, 0.15) is 50.4 Å². The van der Waals surface area contributed by atoms with Gasteiger partial charge in [0.2, 0.25) is 5.91 Å². The van der Waals surface area contributed by atoms with E-state index in [9.17, 15) is 9.59 Å². The zero-order valence-electron chi connectivity index (χ0n) is 16.9. The SMILES string of the molecule is COc1ccc(NC(=O)[C@@H]2C[C@@H](C)CC[C@@H]2C(C)C)c(C(=O)NCCN)c1. The molecule has 1 aromatic rings. The molecular formula is C21H33N3O3. The molecule has 0 aromatic heterocycles. The molecule has 4 N–H and O–H groups in total. The van der Waals surface area contributed by atoms with E-state index in [0.717, 1.165) is 12.8 Å². The molecule has 2 amide bonds. The van der Waals surface area contributed by atoms with E-state index in [4.69, 9.17) is 10.5 Å². The molecule has 0 radical (unpaired) electrons. The smallest absolute Gasteiger partial charge is 0.253 e. The maximum atomic E-state index is 13.1. The second kappa shape index (κ2) is 9.74. The number of carbonyl (C=O) groups is 2. The van der Waals surface area contributed by atoms with Crippen LogP contribution in [0.5, 0.6) is 5.75 Å². The number of hydrogen-bond acceptors (Lipinski definition) is 4. The molecule has 0 heterocycles. The summed E-state index contributed by atoms with van der Waals surface area (Å²) in [5.74, 6) is 1.63. The minimum atomic E-state index is -0.271. The fraction of sp³-hybridized carbons (Fsp3) is 0.619. The average molecular weight is 376 g/mol. The van der Waals surface area contributed by atoms with E-state index in [0.29, 0.717) is 47.8 Å². The summed E-state index contributed by atoms with van der Waals surface area (Å²) in [6.45, 7) is 7.29. The van der Waals surface area contributed by atoms with Gasteiger partial charge < -0.3 is 21.1 Å². The number of rotatable bonds is 7. The minimum Gasteiger partial charge on any atom is -0.497 e. The Morgan fingerprint density at radius 2 is 2.04 bits per heavy atom. The third kappa shape index (κ3) is 5.45. The molecule has 1 fully saturated rings. The summed E-state index contributed by atoms with van der Waals surface area (Å²) in [6, 6.07) is 5.12. The zero-order valence-corrected chi connectivity index (χ0v) is 16.9. The molecule has 1 saturated carbocycles. The lowest BCUT2D eigenvalue weighted by atomic mass is 9.70. The molecule has 3 atom stereocenters. The number of methoxy groups -OCH3 is 1. The summed E-state index contributed by atoms with van der Waals surface area (Å²) in [7, 11) is 1.55. The number of nitrogens with two attached hydrogens (primary N) is 1. The first-order valence-electron chi connectivity index (χ1n) is 9.84. The molecule has 27 heavy (non-hydrogen) atoms. The largest absolute Gasteiger partial charge is 0.497 e. The molecule has 0 aliphatic heterocycles. The lowest BCUT2D eigenvalue weighted by molar-refractivity contribution is -0.123. The van der Waals surface area contributed by atoms with E-state index < -0.39 is 0 Å². The van der Waals surface area contributed by atoms with Crippen LogP contribution >= 0.6 is 0 Å². The summed E-state index contributed by atoms with van der Waals surface area (Å²) >= 11 is 0. The third-order valence-electron chi connectivity index (χ3n) is 5.52. The fourth-order valence-electron chi connectivity index (χ4n) is 3.96. The highest BCUT2D eigenvalue weighted by molar-refractivity contribution is 6.04. The average Bonchev–Trinajstić information content (AvgIpc) is 2.65. The fourth-order valence-corrected chi connectivity index (χ4v) is 3.96. The summed E-state index contributed by atoms with van der Waals surface area (Å²) in [4.78, 5) is 25.6. The molecule has 150 valence electrons. The van der Waals surface area contributed by atoms with Gasteiger partial charge in [-0.1, -0.05) is 27.2 Å². The monoisotopic (exact) mass is 375 g/mol. The number of benzene rings is 1. The second-order valence-corrected chi connectivity index (χ2v) is 7.88. The highest BCUT2D eigenvalue weighted by Gasteiger charge is 2.35. The Bertz CT molecular complexity index is 660. The number of carbonyl (C=O) groups excluding carboxylic acids is 2. The Kier molecular flexibility index (Phi) is 7.66. The van der Waals surface area contributed by atoms with Crippen LogP contribution in [-0.2, 0) is 4.79 Å². The van der Waals surface area contributed by atoms with E-state index >= 15 is 0 Å². The van der Waals surface area contributed by atoms with Gasteiger partial charge in [-0.2, -0.15) is 0 Å². The van der Waals surface area contributed by atoms with Crippen LogP contribution in [0.3, 0.4) is 0 Å². The maximum Gasteiger partial charge on any atom is 0.253 e. The van der Waals surface area contributed by atoms with Crippen LogP contribution in [0.4, 0.5) is 5.69 Å². The Morgan fingerprint density at radius 3 is 2.67 bits per heavy atom. The van der Waals surface area contributed by atoms with E-state index in [-0.39, 0.29) is 17.7 Å². The standard InChI is InChI=1S/C21H33N3O3/c1-13(2)16-7-5-14(3)11-17(16)21(26)24-19-8-6-15(27-4)12-18(19)20(25)23-10-9-22/h6,8,12-14,16-17H,5,7,9-11,22H2,1-4H3,(H,23,25)(H,24,26)/t14-,16+,17+/m0/s1. The molecule has 1 aliphatic rings. The molecule has 0 spiro atoms. The van der Waals surface area contributed by atoms with Crippen molar-refractivity contribution in [2.75, 3.05) is 25.5 Å². The third-order valence-corrected chi connectivity index (χ3v) is 5.52. The molecule has 6 heteroatoms. The second-order valence-electron chi connectivity index (χ2n) is 7.88. The quantitative estimate of drug-likeness (QED) is 0.683. The van der Waals surface area contributed by atoms with Crippen LogP contribution < -0.4 is 21.1 Å². The molecule has 1 aromatic carbocycles. The van der Waals surface area contributed by atoms with Crippen molar-refractivity contribution >= 4 is 17.5 Å². The zero-order chi connectivity index (χ0) is 20.0. The van der Waals surface area contributed by atoms with Gasteiger partial charge in [-0.25, -0.2) is 0 Å². The van der Waals surface area contributed by atoms with Gasteiger partial charge in [0.1, 0.15) is 5.75 Å². The van der Waals surface area contributed by atoms with Crippen molar-refractivity contribution in [1.82, 2.24) is 5.32 Å². The maximum absolute atomic E-state index is 13.1. The number of amides is 2. The molecule has 0 saturated heterocycles. The lowest BCUT2D eigenvalue weighted by Crippen LogP contribution is -2.37. The predicted molar refractivity (Wildman–Crippen MR) is 108 cm³/mol. The first-order valence-corrected chi connectivity index (χ1v) is 9.84. The van der Waals surface area contributed by atoms with E-state index in [2.05, 4.69) is 31.4 Å². The summed E-state index contributed by atoms with van der Waals surface area (Å²) in [5, 5.41) is 5.76. The number of nitrogens with one attached hydrogen (secondary N) is 2. The summed E-state index contributed by atoms with van der Waals surface area (Å²) < 4.78 is 5.23. The van der Waals surface area contributed by atoms with Crippen LogP contribution in [0.2, 0.25) is 0 Å². The van der Waals surface area contributed by atoms with Crippen LogP contribution in [-0.4, -0.2) is 32.0 Å². The van der Waals surface area contributed by atoms with Crippen molar-refractivity contribution in [3.8, 4) is 5.75 Å². The summed E-state index contributed by atoms with van der Waals surface area (Å²) in [6.07, 6.45) is 3.13. The summed E-state index contributed by atoms with van der Waals surface area (Å²) in [5.41, 5.74) is 6.37. The van der Waals surface area contributed by atoms with Gasteiger partial charge in [0.15, 0.2) is 0 Å². The Morgan fingerprint density at radius 1 is 1.30 bits per heavy atom. The van der Waals surface area contributed by atoms with Crippen molar-refractivity contribution < 1.29 is 14.3 Å². The van der Waals surface area contributed by atoms with Crippen LogP contribution in [0, 0.1) is 23.7 Å². The van der Waals surface area contributed by atoms with Gasteiger partial charge in [0.05, 0.1) is 18.4 Å². The van der Waals surface area contributed by atoms with Gasteiger partial charge in [-0.05, 0) is 48.8 Å². The van der Waals surface area contributed by atoms with Crippen molar-refractivity contribution in [3.05, 3.63) is 23.8 Å². The number of hydrogen-bond donors (Lipinski definition) is 3. The Labute approximate surface area is 162 Å². The van der Waals surface area contributed by atoms with Crippen LogP contribution in [0.15, 0.2) is 18.2 Å². The molecule has 6 nitrogen and oxygen atoms in total. The van der Waals surface area contributed by atoms with E-state index in [1.807, 2.05) is 0 Å². The number of anilines is 1. The van der Waals surface area contributed by atoms with E-state index in [1.165, 1.54) is 6.42 Å². The normalized spacial score (nSPS) is 22.4. The van der Waals surface area contributed by atoms with Crippen molar-refractivity contribution in [3.63, 3.8) is 0 Å². The first-order chi connectivity index (χ1) is 12.9. The minimum absolute atomic E-state index is 0.00158. The van der Waals surface area contributed by atoms with Crippen LogP contribution in [0.25, 0.3) is 0 Å². The number of ether oxygens (including phenoxy) is 1. The van der Waals surface area contributed by atoms with Crippen molar-refractivity contribution in [2.24, 2.45) is 29.4 Å². The van der Waals surface area contributed by atoms with Gasteiger partial charge in [0, 0.05) is 19.0 Å². The lowest BCUT2D eigenvalue weighted by Gasteiger charge is -2.36. The Balaban J connectivity index is 2.23. The van der Waals surface area contributed by atoms with E-state index in [1.54, 1.807) is 25.3 Å². The molecule has 2 rings (SSSR count). The highest BCUT2D eigenvalue weighted by Crippen LogP contribution is 2.38. The molecule has 0 unspecified atom stereocenters. The topological polar surface area (TPSA) is 93.4 Å². The van der Waals surface area contributed by atoms with Gasteiger partial charge in [-0.3, -0.25) is 9.59 Å². The van der Waals surface area contributed by atoms with Gasteiger partial charge in [-0.15, -0.1) is 0 Å². The Hall–Kier alpha value is -2.08. The molecule has 0 bridgehead atoms. The first kappa shape index (κ1) is 21.2. The van der Waals surface area contributed by atoms with Gasteiger partial charge >= 0.3 is 0 Å². The predicted octanol–water partition coefficient (Wildman–Crippen LogP) is 3.03. The molecular weight excluding hydrogens is 342 g/mol. The molecule has 1 aliphatic carbocycles. The van der Waals surface area contributed by atoms with Crippen molar-refractivity contribution in [1.29, 1.82) is 0 Å². The highest BCUT2D eigenvalue weighted by atomic mass is 16.5.